The molecule has 0 spiro atoms. The Morgan fingerprint density at radius 1 is 0.941 bits per heavy atom. The van der Waals surface area contributed by atoms with Crippen LogP contribution in [0.2, 0.25) is 0 Å². The number of rotatable bonds is 7. The molecule has 1 heterocycles. The molecule has 8 nitrogen and oxygen atoms in total. The topological polar surface area (TPSA) is 97.0 Å². The molecule has 180 valence electrons. The van der Waals surface area contributed by atoms with E-state index in [2.05, 4.69) is 17.6 Å². The second-order valence-corrected chi connectivity index (χ2v) is 9.05. The first-order valence-corrected chi connectivity index (χ1v) is 11.6. The van der Waals surface area contributed by atoms with Crippen LogP contribution in [0.5, 0.6) is 11.5 Å². The normalized spacial score (nSPS) is 21.7. The van der Waals surface area contributed by atoms with E-state index >= 15 is 0 Å². The molecule has 4 rings (SSSR count). The van der Waals surface area contributed by atoms with E-state index in [1.165, 1.54) is 0 Å². The van der Waals surface area contributed by atoms with Gasteiger partial charge in [0.2, 0.25) is 5.91 Å². The van der Waals surface area contributed by atoms with Gasteiger partial charge in [-0.25, -0.2) is 4.79 Å². The van der Waals surface area contributed by atoms with Crippen molar-refractivity contribution in [3.8, 4) is 11.5 Å². The minimum absolute atomic E-state index is 0.0809. The average molecular weight is 466 g/mol. The van der Waals surface area contributed by atoms with E-state index in [0.29, 0.717) is 28.5 Å². The van der Waals surface area contributed by atoms with Crippen LogP contribution in [0.15, 0.2) is 48.5 Å². The quantitative estimate of drug-likeness (QED) is 0.612. The molecule has 2 aromatic rings. The number of urea groups is 1. The third-order valence-corrected chi connectivity index (χ3v) is 6.83. The highest BCUT2D eigenvalue weighted by molar-refractivity contribution is 6.11. The van der Waals surface area contributed by atoms with Gasteiger partial charge in [-0.2, -0.15) is 0 Å². The first-order chi connectivity index (χ1) is 16.4. The summed E-state index contributed by atoms with van der Waals surface area (Å²) < 4.78 is 10.5. The molecule has 2 aromatic carbocycles. The van der Waals surface area contributed by atoms with Crippen molar-refractivity contribution in [2.45, 2.75) is 44.2 Å². The molecule has 8 heteroatoms. The number of nitrogens with zero attached hydrogens (tertiary/aromatic N) is 1. The number of hydrogen-bond acceptors (Lipinski definition) is 5. The molecular formula is C26H31N3O5. The fourth-order valence-corrected chi connectivity index (χ4v) is 4.78. The number of amides is 4. The number of methoxy groups -OCH3 is 2. The molecular weight excluding hydrogens is 434 g/mol. The van der Waals surface area contributed by atoms with Gasteiger partial charge in [-0.3, -0.25) is 14.5 Å². The molecule has 1 saturated carbocycles. The molecule has 1 saturated heterocycles. The standard InChI is InChI=1S/C26H31N3O5/c1-17-4-10-20(11-5-17)27-23(30)16-29-24(31)26(28-25(29)32,18-6-12-21(33-2)13-7-18)19-8-14-22(34-3)15-9-19/h6-9,12-15,17,20H,4-5,10-11,16H2,1-3H3,(H,27,30)(H,28,32). The molecule has 2 fully saturated rings. The number of carbonyl (C=O) groups is 3. The Morgan fingerprint density at radius 2 is 1.44 bits per heavy atom. The molecule has 0 aromatic heterocycles. The van der Waals surface area contributed by atoms with Gasteiger partial charge < -0.3 is 20.1 Å². The van der Waals surface area contributed by atoms with Gasteiger partial charge in [-0.15, -0.1) is 0 Å². The monoisotopic (exact) mass is 465 g/mol. The average Bonchev–Trinajstić information content (AvgIpc) is 3.11. The van der Waals surface area contributed by atoms with Gasteiger partial charge in [-0.05, 0) is 67.0 Å². The van der Waals surface area contributed by atoms with Gasteiger partial charge in [0.15, 0.2) is 5.54 Å². The molecule has 34 heavy (non-hydrogen) atoms. The Bertz CT molecular complexity index is 996. The van der Waals surface area contributed by atoms with Crippen molar-refractivity contribution in [1.29, 1.82) is 0 Å². The van der Waals surface area contributed by atoms with Gasteiger partial charge >= 0.3 is 6.03 Å². The van der Waals surface area contributed by atoms with Gasteiger partial charge in [0, 0.05) is 6.04 Å². The van der Waals surface area contributed by atoms with E-state index in [1.54, 1.807) is 62.8 Å². The molecule has 0 atom stereocenters. The van der Waals surface area contributed by atoms with Crippen molar-refractivity contribution in [3.63, 3.8) is 0 Å². The molecule has 1 aliphatic heterocycles. The van der Waals surface area contributed by atoms with Crippen LogP contribution in [-0.2, 0) is 15.1 Å². The highest BCUT2D eigenvalue weighted by Crippen LogP contribution is 2.37. The van der Waals surface area contributed by atoms with E-state index in [1.807, 2.05) is 0 Å². The summed E-state index contributed by atoms with van der Waals surface area (Å²) in [5, 5.41) is 5.86. The third-order valence-electron chi connectivity index (χ3n) is 6.83. The van der Waals surface area contributed by atoms with E-state index in [0.717, 1.165) is 30.6 Å². The highest BCUT2D eigenvalue weighted by atomic mass is 16.5. The lowest BCUT2D eigenvalue weighted by Crippen LogP contribution is -2.47. The summed E-state index contributed by atoms with van der Waals surface area (Å²) in [5.74, 6) is 1.09. The predicted molar refractivity (Wildman–Crippen MR) is 127 cm³/mol. The first-order valence-electron chi connectivity index (χ1n) is 11.6. The third kappa shape index (κ3) is 4.44. The molecule has 0 radical (unpaired) electrons. The Hall–Kier alpha value is -3.55. The zero-order valence-electron chi connectivity index (χ0n) is 19.8. The lowest BCUT2D eigenvalue weighted by atomic mass is 9.82. The summed E-state index contributed by atoms with van der Waals surface area (Å²) in [6.07, 6.45) is 3.95. The maximum absolute atomic E-state index is 13.8. The van der Waals surface area contributed by atoms with Crippen LogP contribution < -0.4 is 20.1 Å². The molecule has 2 N–H and O–H groups in total. The van der Waals surface area contributed by atoms with Crippen molar-refractivity contribution < 1.29 is 23.9 Å². The Kier molecular flexibility index (Phi) is 6.77. The van der Waals surface area contributed by atoms with Crippen LogP contribution in [0, 0.1) is 5.92 Å². The molecule has 4 amide bonds. The van der Waals surface area contributed by atoms with E-state index in [9.17, 15) is 14.4 Å². The zero-order valence-corrected chi connectivity index (χ0v) is 19.8. The Balaban J connectivity index is 1.62. The Labute approximate surface area is 199 Å². The second-order valence-electron chi connectivity index (χ2n) is 9.05. The van der Waals surface area contributed by atoms with E-state index in [4.69, 9.17) is 9.47 Å². The molecule has 0 bridgehead atoms. The summed E-state index contributed by atoms with van der Waals surface area (Å²) in [6.45, 7) is 1.88. The maximum Gasteiger partial charge on any atom is 0.326 e. The predicted octanol–water partition coefficient (Wildman–Crippen LogP) is 3.19. The van der Waals surface area contributed by atoms with Crippen molar-refractivity contribution >= 4 is 17.8 Å². The summed E-state index contributed by atoms with van der Waals surface area (Å²) in [7, 11) is 3.12. The number of imide groups is 1. The summed E-state index contributed by atoms with van der Waals surface area (Å²) in [4.78, 5) is 40.6. The highest BCUT2D eigenvalue weighted by Gasteiger charge is 2.54. The fraction of sp³-hybridized carbons (Fsp3) is 0.423. The van der Waals surface area contributed by atoms with Crippen molar-refractivity contribution in [3.05, 3.63) is 59.7 Å². The number of carbonyl (C=O) groups excluding carboxylic acids is 3. The first kappa shape index (κ1) is 23.6. The van der Waals surface area contributed by atoms with E-state index < -0.39 is 17.5 Å². The molecule has 1 aliphatic carbocycles. The smallest absolute Gasteiger partial charge is 0.326 e. The van der Waals surface area contributed by atoms with Crippen LogP contribution in [0.1, 0.15) is 43.7 Å². The van der Waals surface area contributed by atoms with Gasteiger partial charge in [0.1, 0.15) is 18.0 Å². The maximum atomic E-state index is 13.8. The van der Waals surface area contributed by atoms with E-state index in [-0.39, 0.29) is 18.5 Å². The van der Waals surface area contributed by atoms with Crippen molar-refractivity contribution in [1.82, 2.24) is 15.5 Å². The van der Waals surface area contributed by atoms with Crippen molar-refractivity contribution in [2.24, 2.45) is 5.92 Å². The lowest BCUT2D eigenvalue weighted by Gasteiger charge is -2.29. The van der Waals surface area contributed by atoms with Gasteiger partial charge in [-0.1, -0.05) is 31.2 Å². The Morgan fingerprint density at radius 3 is 1.91 bits per heavy atom. The van der Waals surface area contributed by atoms with Crippen molar-refractivity contribution in [2.75, 3.05) is 20.8 Å². The molecule has 2 aliphatic rings. The summed E-state index contributed by atoms with van der Waals surface area (Å²) >= 11 is 0. The molecule has 0 unspecified atom stereocenters. The van der Waals surface area contributed by atoms with Crippen LogP contribution in [0.25, 0.3) is 0 Å². The van der Waals surface area contributed by atoms with Gasteiger partial charge in [0.25, 0.3) is 5.91 Å². The minimum Gasteiger partial charge on any atom is -0.497 e. The number of benzene rings is 2. The second kappa shape index (κ2) is 9.75. The van der Waals surface area contributed by atoms with Crippen LogP contribution >= 0.6 is 0 Å². The summed E-state index contributed by atoms with van der Waals surface area (Å²) in [6, 6.07) is 13.4. The number of ether oxygens (including phenoxy) is 2. The lowest BCUT2D eigenvalue weighted by molar-refractivity contribution is -0.134. The van der Waals surface area contributed by atoms with Gasteiger partial charge in [0.05, 0.1) is 14.2 Å². The minimum atomic E-state index is -1.46. The zero-order chi connectivity index (χ0) is 24.3. The van der Waals surface area contributed by atoms with Crippen LogP contribution in [0.4, 0.5) is 4.79 Å². The number of hydrogen-bond donors (Lipinski definition) is 2. The number of nitrogens with one attached hydrogen (secondary N) is 2. The van der Waals surface area contributed by atoms with Crippen LogP contribution in [-0.4, -0.2) is 49.6 Å². The largest absolute Gasteiger partial charge is 0.497 e. The fourth-order valence-electron chi connectivity index (χ4n) is 4.78. The SMILES string of the molecule is COc1ccc(C2(c3ccc(OC)cc3)NC(=O)N(CC(=O)NC3CCC(C)CC3)C2=O)cc1. The van der Waals surface area contributed by atoms with Crippen LogP contribution in [0.3, 0.4) is 0 Å². The summed E-state index contributed by atoms with van der Waals surface area (Å²) in [5.41, 5.74) is -0.321.